The summed E-state index contributed by atoms with van der Waals surface area (Å²) in [5, 5.41) is 3.51. The number of fused-ring (bicyclic) bond motifs is 1. The third kappa shape index (κ3) is 2.50. The molecule has 1 aromatic heterocycles. The molecule has 2 aliphatic rings. The molecule has 0 aromatic carbocycles. The minimum Gasteiger partial charge on any atom is -0.441 e. The Morgan fingerprint density at radius 1 is 1.57 bits per heavy atom. The van der Waals surface area contributed by atoms with Crippen LogP contribution in [0.15, 0.2) is 28.6 Å². The van der Waals surface area contributed by atoms with Gasteiger partial charge >= 0.3 is 5.72 Å². The fourth-order valence-electron chi connectivity index (χ4n) is 3.20. The average molecular weight is 352 g/mol. The second-order valence-electron chi connectivity index (χ2n) is 5.78. The quantitative estimate of drug-likeness (QED) is 0.811. The van der Waals surface area contributed by atoms with E-state index >= 15 is 0 Å². The molecule has 23 heavy (non-hydrogen) atoms. The molecule has 7 heteroatoms. The van der Waals surface area contributed by atoms with Crippen molar-refractivity contribution in [1.82, 2.24) is 4.90 Å². The summed E-state index contributed by atoms with van der Waals surface area (Å²) in [4.78, 5) is 17.4. The van der Waals surface area contributed by atoms with Gasteiger partial charge in [-0.05, 0) is 62.1 Å². The van der Waals surface area contributed by atoms with E-state index in [0.29, 0.717) is 6.54 Å². The molecule has 0 saturated heterocycles. The van der Waals surface area contributed by atoms with Crippen molar-refractivity contribution in [3.63, 3.8) is 0 Å². The van der Waals surface area contributed by atoms with Crippen molar-refractivity contribution in [2.75, 3.05) is 6.54 Å². The Balaban J connectivity index is 1.95. The highest BCUT2D eigenvalue weighted by Gasteiger charge is 2.46. The minimum atomic E-state index is -1.68. The zero-order valence-corrected chi connectivity index (χ0v) is 14.8. The Kier molecular flexibility index (Phi) is 4.06. The van der Waals surface area contributed by atoms with Gasteiger partial charge in [0.15, 0.2) is 5.22 Å². The summed E-state index contributed by atoms with van der Waals surface area (Å²) in [7, 11) is 0. The normalized spacial score (nSPS) is 26.3. The molecule has 0 spiro atoms. The van der Waals surface area contributed by atoms with Gasteiger partial charge in [-0.25, -0.2) is 5.53 Å². The van der Waals surface area contributed by atoms with Crippen molar-refractivity contribution in [2.24, 2.45) is 5.11 Å². The number of ether oxygens (including phenoxy) is 1. The predicted molar refractivity (Wildman–Crippen MR) is 89.7 cm³/mol. The second kappa shape index (κ2) is 5.76. The van der Waals surface area contributed by atoms with Gasteiger partial charge in [-0.1, -0.05) is 6.08 Å². The molecule has 5 nitrogen and oxygen atoms in total. The van der Waals surface area contributed by atoms with Crippen LogP contribution in [-0.2, 0) is 16.0 Å². The first-order chi connectivity index (χ1) is 10.9. The topological polar surface area (TPSA) is 65.8 Å². The summed E-state index contributed by atoms with van der Waals surface area (Å²) in [6.45, 7) is 6.80. The highest BCUT2D eigenvalue weighted by atomic mass is 35.5. The standard InChI is InChI=1S/C16H18ClN3O2S/c1-9-11(3)23-12-6-8-20(10(2)14(9)12)15(21)16(19-18)7-4-5-13(17)22-16/h4-5,7,10,18H,6,8H2,1-3H3. The Morgan fingerprint density at radius 2 is 2.30 bits per heavy atom. The molecule has 3 rings (SSSR count). The van der Waals surface area contributed by atoms with Gasteiger partial charge in [0, 0.05) is 16.3 Å². The Hall–Kier alpha value is -1.66. The molecule has 1 amide bonds. The van der Waals surface area contributed by atoms with Gasteiger partial charge in [0.25, 0.3) is 5.91 Å². The van der Waals surface area contributed by atoms with Crippen LogP contribution in [0.3, 0.4) is 0 Å². The maximum Gasteiger partial charge on any atom is 0.317 e. The van der Waals surface area contributed by atoms with Crippen molar-refractivity contribution in [3.8, 4) is 0 Å². The number of nitrogens with zero attached hydrogens (tertiary/aromatic N) is 2. The van der Waals surface area contributed by atoms with Gasteiger partial charge in [0.2, 0.25) is 0 Å². The van der Waals surface area contributed by atoms with E-state index < -0.39 is 5.72 Å². The van der Waals surface area contributed by atoms with Crippen molar-refractivity contribution >= 4 is 28.8 Å². The number of rotatable bonds is 2. The average Bonchev–Trinajstić information content (AvgIpc) is 2.82. The fourth-order valence-corrected chi connectivity index (χ4v) is 4.65. The van der Waals surface area contributed by atoms with Gasteiger partial charge in [-0.3, -0.25) is 4.79 Å². The monoisotopic (exact) mass is 351 g/mol. The largest absolute Gasteiger partial charge is 0.441 e. The van der Waals surface area contributed by atoms with Crippen LogP contribution in [0.5, 0.6) is 0 Å². The fraction of sp³-hybridized carbons (Fsp3) is 0.438. The molecular weight excluding hydrogens is 334 g/mol. The van der Waals surface area contributed by atoms with Gasteiger partial charge in [0.1, 0.15) is 0 Å². The molecule has 3 heterocycles. The zero-order valence-electron chi connectivity index (χ0n) is 13.2. The maximum atomic E-state index is 13.0. The first-order valence-corrected chi connectivity index (χ1v) is 8.61. The van der Waals surface area contributed by atoms with E-state index in [9.17, 15) is 4.79 Å². The lowest BCUT2D eigenvalue weighted by Gasteiger charge is -2.38. The maximum absolute atomic E-state index is 13.0. The van der Waals surface area contributed by atoms with Crippen molar-refractivity contribution in [1.29, 1.82) is 5.53 Å². The highest BCUT2D eigenvalue weighted by molar-refractivity contribution is 7.12. The van der Waals surface area contributed by atoms with Crippen molar-refractivity contribution < 1.29 is 9.53 Å². The molecule has 0 aliphatic carbocycles. The van der Waals surface area contributed by atoms with Crippen LogP contribution in [0.25, 0.3) is 0 Å². The molecule has 2 unspecified atom stereocenters. The lowest BCUT2D eigenvalue weighted by molar-refractivity contribution is -0.150. The number of carbonyl (C=O) groups is 1. The second-order valence-corrected chi connectivity index (χ2v) is 7.47. The van der Waals surface area contributed by atoms with Crippen LogP contribution < -0.4 is 0 Å². The van der Waals surface area contributed by atoms with Crippen LogP contribution in [0.1, 0.15) is 33.8 Å². The number of hydrogen-bond donors (Lipinski definition) is 1. The third-order valence-corrected chi connectivity index (χ3v) is 6.00. The summed E-state index contributed by atoms with van der Waals surface area (Å²) in [6.07, 6.45) is 5.42. The highest BCUT2D eigenvalue weighted by Crippen LogP contribution is 2.40. The van der Waals surface area contributed by atoms with Crippen LogP contribution in [0.4, 0.5) is 0 Å². The van der Waals surface area contributed by atoms with Crippen LogP contribution in [0, 0.1) is 19.4 Å². The molecule has 1 aromatic rings. The lowest BCUT2D eigenvalue weighted by Crippen LogP contribution is -2.51. The number of amides is 1. The van der Waals surface area contributed by atoms with Crippen molar-refractivity contribution in [3.05, 3.63) is 44.3 Å². The molecule has 0 saturated carbocycles. The minimum absolute atomic E-state index is 0.0600. The predicted octanol–water partition coefficient (Wildman–Crippen LogP) is 4.20. The van der Waals surface area contributed by atoms with Gasteiger partial charge in [-0.15, -0.1) is 16.5 Å². The van der Waals surface area contributed by atoms with E-state index in [1.165, 1.54) is 33.0 Å². The van der Waals surface area contributed by atoms with Crippen molar-refractivity contribution in [2.45, 2.75) is 39.0 Å². The van der Waals surface area contributed by atoms with Crippen LogP contribution >= 0.6 is 22.9 Å². The number of aryl methyl sites for hydroxylation is 1. The van der Waals surface area contributed by atoms with E-state index in [0.717, 1.165) is 6.42 Å². The van der Waals surface area contributed by atoms with Gasteiger partial charge in [-0.2, -0.15) is 0 Å². The molecule has 122 valence electrons. The number of hydrogen-bond acceptors (Lipinski definition) is 5. The summed E-state index contributed by atoms with van der Waals surface area (Å²) in [5.41, 5.74) is 8.23. The van der Waals surface area contributed by atoms with E-state index in [1.54, 1.807) is 22.3 Å². The summed E-state index contributed by atoms with van der Waals surface area (Å²) < 4.78 is 5.41. The number of allylic oxidation sites excluding steroid dienone is 2. The van der Waals surface area contributed by atoms with E-state index in [4.69, 9.17) is 21.9 Å². The van der Waals surface area contributed by atoms with E-state index in [2.05, 4.69) is 19.0 Å². The van der Waals surface area contributed by atoms with Gasteiger partial charge < -0.3 is 9.64 Å². The SMILES string of the molecule is Cc1sc2c(c1C)C(C)N(C(=O)C1(N=N)C=CC=C(Cl)O1)CC2. The van der Waals surface area contributed by atoms with E-state index in [-0.39, 0.29) is 17.2 Å². The Bertz CT molecular complexity index is 740. The Labute approximate surface area is 144 Å². The zero-order chi connectivity index (χ0) is 16.8. The molecule has 1 N–H and O–H groups in total. The molecule has 0 bridgehead atoms. The lowest BCUT2D eigenvalue weighted by atomic mass is 9.95. The summed E-state index contributed by atoms with van der Waals surface area (Å²) in [6, 6.07) is -0.0727. The van der Waals surface area contributed by atoms with E-state index in [1.807, 2.05) is 6.92 Å². The van der Waals surface area contributed by atoms with Crippen LogP contribution in [-0.4, -0.2) is 23.1 Å². The molecule has 2 aliphatic heterocycles. The first kappa shape index (κ1) is 16.2. The first-order valence-electron chi connectivity index (χ1n) is 7.42. The smallest absolute Gasteiger partial charge is 0.317 e. The number of halogens is 1. The third-order valence-electron chi connectivity index (χ3n) is 4.51. The molecule has 0 fully saturated rings. The van der Waals surface area contributed by atoms with Crippen LogP contribution in [0.2, 0.25) is 0 Å². The molecule has 0 radical (unpaired) electrons. The Morgan fingerprint density at radius 3 is 2.96 bits per heavy atom. The number of thiophene rings is 1. The van der Waals surface area contributed by atoms with Gasteiger partial charge in [0.05, 0.1) is 6.04 Å². The number of carbonyl (C=O) groups excluding carboxylic acids is 1. The molecular formula is C16H18ClN3O2S. The number of nitrogens with one attached hydrogen (secondary N) is 1. The molecule has 2 atom stereocenters. The summed E-state index contributed by atoms with van der Waals surface area (Å²) >= 11 is 7.69. The summed E-state index contributed by atoms with van der Waals surface area (Å²) in [5.74, 6) is -0.351.